The zero-order chi connectivity index (χ0) is 22.5. The quantitative estimate of drug-likeness (QED) is 0.446. The average Bonchev–Trinajstić information content (AvgIpc) is 3.19. The maximum Gasteiger partial charge on any atom is 0.271 e. The lowest BCUT2D eigenvalue weighted by atomic mass is 10.1. The molecule has 4 rings (SSSR count). The van der Waals surface area contributed by atoms with Gasteiger partial charge in [-0.05, 0) is 43.9 Å². The number of ether oxygens (including phenoxy) is 1. The number of fused-ring (bicyclic) bond motifs is 1. The number of amides is 1. The fraction of sp³-hybridized carbons (Fsp3) is 0.208. The first kappa shape index (κ1) is 21.7. The molecule has 2 heterocycles. The van der Waals surface area contributed by atoms with E-state index in [1.807, 2.05) is 49.3 Å². The SMILES string of the molecule is CN(C)CCOc1ccc(NC(=O)c2cnc3sc(Cc4ccccc4)cn3c2=O)cc1. The fourth-order valence-electron chi connectivity index (χ4n) is 3.14. The molecule has 2 aromatic carbocycles. The summed E-state index contributed by atoms with van der Waals surface area (Å²) in [7, 11) is 3.97. The van der Waals surface area contributed by atoms with E-state index < -0.39 is 5.91 Å². The van der Waals surface area contributed by atoms with Crippen molar-refractivity contribution in [2.75, 3.05) is 32.6 Å². The number of rotatable bonds is 8. The van der Waals surface area contributed by atoms with Gasteiger partial charge in [0.1, 0.15) is 17.9 Å². The van der Waals surface area contributed by atoms with Gasteiger partial charge in [-0.15, -0.1) is 11.3 Å². The van der Waals surface area contributed by atoms with Crippen molar-refractivity contribution < 1.29 is 9.53 Å². The van der Waals surface area contributed by atoms with Crippen LogP contribution in [0.1, 0.15) is 20.8 Å². The average molecular weight is 449 g/mol. The summed E-state index contributed by atoms with van der Waals surface area (Å²) in [6.45, 7) is 1.39. The van der Waals surface area contributed by atoms with E-state index in [1.54, 1.807) is 30.5 Å². The van der Waals surface area contributed by atoms with Gasteiger partial charge in [-0.2, -0.15) is 0 Å². The van der Waals surface area contributed by atoms with E-state index in [9.17, 15) is 9.59 Å². The molecule has 0 aliphatic heterocycles. The molecule has 164 valence electrons. The predicted octanol–water partition coefficient (Wildman–Crippen LogP) is 3.54. The number of nitrogens with zero attached hydrogens (tertiary/aromatic N) is 3. The summed E-state index contributed by atoms with van der Waals surface area (Å²) in [5.41, 5.74) is 1.35. The number of aromatic nitrogens is 2. The van der Waals surface area contributed by atoms with Crippen LogP contribution in [0.4, 0.5) is 5.69 Å². The Morgan fingerprint density at radius 2 is 1.88 bits per heavy atom. The van der Waals surface area contributed by atoms with Crippen LogP contribution in [0.5, 0.6) is 5.75 Å². The second kappa shape index (κ2) is 9.76. The van der Waals surface area contributed by atoms with Crippen LogP contribution in [-0.4, -0.2) is 47.4 Å². The smallest absolute Gasteiger partial charge is 0.271 e. The van der Waals surface area contributed by atoms with Crippen molar-refractivity contribution in [1.82, 2.24) is 14.3 Å². The van der Waals surface area contributed by atoms with Gasteiger partial charge in [-0.25, -0.2) is 4.98 Å². The maximum atomic E-state index is 12.9. The van der Waals surface area contributed by atoms with E-state index in [4.69, 9.17) is 4.74 Å². The molecule has 0 atom stereocenters. The molecule has 32 heavy (non-hydrogen) atoms. The molecule has 0 saturated carbocycles. The molecule has 0 fully saturated rings. The third-order valence-corrected chi connectivity index (χ3v) is 5.84. The Morgan fingerprint density at radius 1 is 1.12 bits per heavy atom. The molecule has 1 N–H and O–H groups in total. The van der Waals surface area contributed by atoms with E-state index >= 15 is 0 Å². The first-order chi connectivity index (χ1) is 15.5. The van der Waals surface area contributed by atoms with Crippen molar-refractivity contribution in [1.29, 1.82) is 0 Å². The van der Waals surface area contributed by atoms with Crippen LogP contribution in [0.15, 0.2) is 71.8 Å². The first-order valence-corrected chi connectivity index (χ1v) is 11.0. The summed E-state index contributed by atoms with van der Waals surface area (Å²) in [5, 5.41) is 2.76. The summed E-state index contributed by atoms with van der Waals surface area (Å²) in [4.78, 5) is 33.5. The van der Waals surface area contributed by atoms with Crippen LogP contribution in [0, 0.1) is 0 Å². The Balaban J connectivity index is 1.46. The monoisotopic (exact) mass is 448 g/mol. The summed E-state index contributed by atoms with van der Waals surface area (Å²) in [5.74, 6) is 0.228. The van der Waals surface area contributed by atoms with Crippen molar-refractivity contribution in [3.63, 3.8) is 0 Å². The predicted molar refractivity (Wildman–Crippen MR) is 127 cm³/mol. The standard InChI is InChI=1S/C24H24N4O3S/c1-27(2)12-13-31-19-10-8-18(9-11-19)26-22(29)21-15-25-24-28(23(21)30)16-20(32-24)14-17-6-4-3-5-7-17/h3-11,15-16H,12-14H2,1-2H3,(H,26,29). The van der Waals surface area contributed by atoms with Crippen LogP contribution >= 0.6 is 11.3 Å². The summed E-state index contributed by atoms with van der Waals surface area (Å²) in [6, 6.07) is 17.1. The minimum Gasteiger partial charge on any atom is -0.492 e. The van der Waals surface area contributed by atoms with Gasteiger partial charge in [0.2, 0.25) is 0 Å². The molecule has 2 aromatic heterocycles. The van der Waals surface area contributed by atoms with Crippen molar-refractivity contribution in [2.45, 2.75) is 6.42 Å². The largest absolute Gasteiger partial charge is 0.492 e. The summed E-state index contributed by atoms with van der Waals surface area (Å²) in [6.07, 6.45) is 3.81. The topological polar surface area (TPSA) is 75.9 Å². The molecular formula is C24H24N4O3S. The Morgan fingerprint density at radius 3 is 2.59 bits per heavy atom. The third-order valence-electron chi connectivity index (χ3n) is 4.84. The first-order valence-electron chi connectivity index (χ1n) is 10.2. The molecular weight excluding hydrogens is 424 g/mol. The van der Waals surface area contributed by atoms with Gasteiger partial charge in [0.05, 0.1) is 0 Å². The van der Waals surface area contributed by atoms with Gasteiger partial charge in [-0.1, -0.05) is 30.3 Å². The van der Waals surface area contributed by atoms with Gasteiger partial charge in [0, 0.05) is 35.9 Å². The highest BCUT2D eigenvalue weighted by Crippen LogP contribution is 2.19. The number of carbonyl (C=O) groups is 1. The van der Waals surface area contributed by atoms with Gasteiger partial charge in [-0.3, -0.25) is 14.0 Å². The number of benzene rings is 2. The Hall–Kier alpha value is -3.49. The second-order valence-corrected chi connectivity index (χ2v) is 8.71. The Labute approximate surface area is 189 Å². The van der Waals surface area contributed by atoms with Gasteiger partial charge in [0.25, 0.3) is 11.5 Å². The highest BCUT2D eigenvalue weighted by molar-refractivity contribution is 7.17. The number of carbonyl (C=O) groups excluding carboxylic acids is 1. The molecule has 0 spiro atoms. The zero-order valence-corrected chi connectivity index (χ0v) is 18.8. The van der Waals surface area contributed by atoms with E-state index in [2.05, 4.69) is 10.3 Å². The lowest BCUT2D eigenvalue weighted by molar-refractivity contribution is 0.102. The number of hydrogen-bond donors (Lipinski definition) is 1. The van der Waals surface area contributed by atoms with Crippen molar-refractivity contribution >= 4 is 27.9 Å². The minimum absolute atomic E-state index is 0.00197. The molecule has 0 aliphatic carbocycles. The van der Waals surface area contributed by atoms with Crippen molar-refractivity contribution in [3.05, 3.63) is 93.3 Å². The lowest BCUT2D eigenvalue weighted by Crippen LogP contribution is -2.25. The molecule has 7 nitrogen and oxygen atoms in total. The van der Waals surface area contributed by atoms with E-state index in [0.29, 0.717) is 23.7 Å². The second-order valence-electron chi connectivity index (χ2n) is 7.62. The maximum absolute atomic E-state index is 12.9. The number of nitrogens with one attached hydrogen (secondary N) is 1. The summed E-state index contributed by atoms with van der Waals surface area (Å²) < 4.78 is 7.10. The Bertz CT molecular complexity index is 1260. The fourth-order valence-corrected chi connectivity index (χ4v) is 4.12. The van der Waals surface area contributed by atoms with Crippen LogP contribution in [0.3, 0.4) is 0 Å². The molecule has 0 radical (unpaired) electrons. The molecule has 1 amide bonds. The molecule has 0 aliphatic rings. The number of anilines is 1. The Kier molecular flexibility index (Phi) is 6.63. The van der Waals surface area contributed by atoms with Crippen LogP contribution in [0.25, 0.3) is 4.96 Å². The molecule has 0 unspecified atom stereocenters. The number of thiazole rings is 1. The van der Waals surface area contributed by atoms with Gasteiger partial charge in [0.15, 0.2) is 4.96 Å². The van der Waals surface area contributed by atoms with Gasteiger partial charge >= 0.3 is 0 Å². The van der Waals surface area contributed by atoms with E-state index in [0.717, 1.165) is 22.7 Å². The van der Waals surface area contributed by atoms with Crippen molar-refractivity contribution in [2.24, 2.45) is 0 Å². The van der Waals surface area contributed by atoms with Crippen LogP contribution in [0.2, 0.25) is 0 Å². The van der Waals surface area contributed by atoms with E-state index in [1.165, 1.54) is 21.9 Å². The normalized spacial score (nSPS) is 11.1. The van der Waals surface area contributed by atoms with E-state index in [-0.39, 0.29) is 11.1 Å². The number of likely N-dealkylation sites (N-methyl/N-ethyl adjacent to an activating group) is 1. The number of hydrogen-bond acceptors (Lipinski definition) is 6. The van der Waals surface area contributed by atoms with Gasteiger partial charge < -0.3 is 15.0 Å². The molecule has 0 bridgehead atoms. The third kappa shape index (κ3) is 5.22. The lowest BCUT2D eigenvalue weighted by Gasteiger charge is -2.11. The highest BCUT2D eigenvalue weighted by atomic mass is 32.1. The highest BCUT2D eigenvalue weighted by Gasteiger charge is 2.15. The zero-order valence-electron chi connectivity index (χ0n) is 17.9. The van der Waals surface area contributed by atoms with Crippen molar-refractivity contribution in [3.8, 4) is 5.75 Å². The molecule has 4 aromatic rings. The van der Waals surface area contributed by atoms with Crippen LogP contribution < -0.4 is 15.6 Å². The summed E-state index contributed by atoms with van der Waals surface area (Å²) >= 11 is 1.44. The molecule has 0 saturated heterocycles. The minimum atomic E-state index is -0.492. The van der Waals surface area contributed by atoms with Crippen LogP contribution in [-0.2, 0) is 6.42 Å². The molecule has 8 heteroatoms.